The number of hydrogen-bond acceptors (Lipinski definition) is 2. The zero-order valence-corrected chi connectivity index (χ0v) is 9.07. The van der Waals surface area contributed by atoms with Crippen LogP contribution in [0.3, 0.4) is 0 Å². The van der Waals surface area contributed by atoms with Crippen LogP contribution in [0.4, 0.5) is 0 Å². The summed E-state index contributed by atoms with van der Waals surface area (Å²) in [6.45, 7) is 1.91. The van der Waals surface area contributed by atoms with Gasteiger partial charge in [0.05, 0.1) is 0 Å². The van der Waals surface area contributed by atoms with Crippen molar-refractivity contribution in [1.82, 2.24) is 0 Å². The first-order valence-corrected chi connectivity index (χ1v) is 4.81. The van der Waals surface area contributed by atoms with Gasteiger partial charge in [-0.2, -0.15) is 0 Å². The number of aromatic hydroxyl groups is 1. The Hall–Kier alpha value is -1.77. The molecule has 0 radical (unpaired) electrons. The minimum absolute atomic E-state index is 0.313. The Labute approximate surface area is 90.0 Å². The van der Waals surface area contributed by atoms with Gasteiger partial charge in [-0.15, -0.1) is 0 Å². The molecule has 1 rings (SSSR count). The third-order valence-corrected chi connectivity index (χ3v) is 2.26. The van der Waals surface area contributed by atoms with Crippen molar-refractivity contribution in [3.05, 3.63) is 41.5 Å². The molecule has 0 spiro atoms. The van der Waals surface area contributed by atoms with Crippen molar-refractivity contribution in [3.8, 4) is 5.75 Å². The van der Waals surface area contributed by atoms with E-state index >= 15 is 0 Å². The highest BCUT2D eigenvalue weighted by Crippen LogP contribution is 2.16. The van der Waals surface area contributed by atoms with Crippen LogP contribution in [0.25, 0.3) is 0 Å². The first-order chi connectivity index (χ1) is 7.15. The van der Waals surface area contributed by atoms with Crippen molar-refractivity contribution in [3.63, 3.8) is 0 Å². The lowest BCUT2D eigenvalue weighted by Crippen LogP contribution is -2.12. The number of hydrogen-bond donors (Lipinski definition) is 2. The van der Waals surface area contributed by atoms with E-state index in [-0.39, 0.29) is 0 Å². The summed E-state index contributed by atoms with van der Waals surface area (Å²) >= 11 is 0. The fraction of sp³-hybridized carbons (Fsp3) is 0.250. The van der Waals surface area contributed by atoms with Crippen LogP contribution in [0.15, 0.2) is 40.9 Å². The van der Waals surface area contributed by atoms with Gasteiger partial charge in [-0.25, -0.2) is 0 Å². The highest BCUT2D eigenvalue weighted by molar-refractivity contribution is 5.96. The molecular formula is C12H16N2O. The van der Waals surface area contributed by atoms with E-state index in [0.29, 0.717) is 18.0 Å². The number of phenolic OH excluding ortho intramolecular Hbond substituents is 1. The molecule has 3 N–H and O–H groups in total. The molecule has 0 atom stereocenters. The van der Waals surface area contributed by atoms with Gasteiger partial charge >= 0.3 is 0 Å². The van der Waals surface area contributed by atoms with Gasteiger partial charge in [0, 0.05) is 7.05 Å². The molecule has 3 nitrogen and oxygen atoms in total. The maximum atomic E-state index is 9.53. The number of benzene rings is 1. The molecule has 3 heteroatoms. The largest absolute Gasteiger partial charge is 0.508 e. The van der Waals surface area contributed by atoms with Crippen molar-refractivity contribution in [2.75, 3.05) is 7.05 Å². The third kappa shape index (κ3) is 3.13. The Balaban J connectivity index is 2.77. The molecule has 0 saturated heterocycles. The lowest BCUT2D eigenvalue weighted by Gasteiger charge is -2.02. The number of para-hydroxylation sites is 1. The summed E-state index contributed by atoms with van der Waals surface area (Å²) in [5, 5.41) is 9.53. The number of phenols is 1. The van der Waals surface area contributed by atoms with E-state index in [4.69, 9.17) is 5.73 Å². The van der Waals surface area contributed by atoms with Crippen molar-refractivity contribution in [2.24, 2.45) is 10.7 Å². The summed E-state index contributed by atoms with van der Waals surface area (Å²) in [6, 6.07) is 7.26. The highest BCUT2D eigenvalue weighted by atomic mass is 16.3. The van der Waals surface area contributed by atoms with E-state index in [2.05, 4.69) is 4.99 Å². The Kier molecular flexibility index (Phi) is 3.92. The Bertz CT molecular complexity index is 394. The van der Waals surface area contributed by atoms with Crippen LogP contribution in [0.1, 0.15) is 12.5 Å². The highest BCUT2D eigenvalue weighted by Gasteiger charge is 1.98. The molecule has 0 aliphatic carbocycles. The van der Waals surface area contributed by atoms with Crippen molar-refractivity contribution in [1.29, 1.82) is 0 Å². The van der Waals surface area contributed by atoms with Gasteiger partial charge in [-0.3, -0.25) is 4.99 Å². The van der Waals surface area contributed by atoms with E-state index in [1.807, 2.05) is 25.1 Å². The fourth-order valence-corrected chi connectivity index (χ4v) is 1.23. The predicted octanol–water partition coefficient (Wildman–Crippen LogP) is 1.87. The first kappa shape index (κ1) is 11.3. The minimum atomic E-state index is 0.313. The van der Waals surface area contributed by atoms with Gasteiger partial charge in [-0.1, -0.05) is 24.3 Å². The second kappa shape index (κ2) is 5.20. The summed E-state index contributed by atoms with van der Waals surface area (Å²) < 4.78 is 0. The summed E-state index contributed by atoms with van der Waals surface area (Å²) in [5.41, 5.74) is 7.46. The van der Waals surface area contributed by atoms with Crippen molar-refractivity contribution >= 4 is 5.84 Å². The minimum Gasteiger partial charge on any atom is -0.508 e. The van der Waals surface area contributed by atoms with Crippen LogP contribution in [-0.2, 0) is 6.42 Å². The maximum Gasteiger partial charge on any atom is 0.120 e. The van der Waals surface area contributed by atoms with Crippen molar-refractivity contribution < 1.29 is 5.11 Å². The molecule has 0 heterocycles. The maximum absolute atomic E-state index is 9.53. The molecule has 0 aromatic heterocycles. The topological polar surface area (TPSA) is 58.6 Å². The van der Waals surface area contributed by atoms with Crippen LogP contribution >= 0.6 is 0 Å². The van der Waals surface area contributed by atoms with Gasteiger partial charge in [0.25, 0.3) is 0 Å². The van der Waals surface area contributed by atoms with E-state index in [1.54, 1.807) is 19.2 Å². The van der Waals surface area contributed by atoms with E-state index in [0.717, 1.165) is 11.1 Å². The Morgan fingerprint density at radius 1 is 1.47 bits per heavy atom. The number of nitrogens with two attached hydrogens (primary N) is 1. The van der Waals surface area contributed by atoms with Gasteiger partial charge in [0.2, 0.25) is 0 Å². The van der Waals surface area contributed by atoms with Crippen molar-refractivity contribution in [2.45, 2.75) is 13.3 Å². The fourth-order valence-electron chi connectivity index (χ4n) is 1.23. The second-order valence-corrected chi connectivity index (χ2v) is 3.33. The molecular weight excluding hydrogens is 188 g/mol. The summed E-state index contributed by atoms with van der Waals surface area (Å²) in [5.74, 6) is 0.846. The molecule has 0 unspecified atom stereocenters. The molecule has 0 bridgehead atoms. The van der Waals surface area contributed by atoms with E-state index in [1.165, 1.54) is 0 Å². The van der Waals surface area contributed by atoms with E-state index < -0.39 is 0 Å². The number of aliphatic imine (C=N–C) groups is 1. The number of amidine groups is 1. The zero-order valence-electron chi connectivity index (χ0n) is 9.07. The van der Waals surface area contributed by atoms with Crippen LogP contribution in [-0.4, -0.2) is 18.0 Å². The van der Waals surface area contributed by atoms with Gasteiger partial charge in [0.1, 0.15) is 11.6 Å². The molecule has 0 amide bonds. The monoisotopic (exact) mass is 204 g/mol. The summed E-state index contributed by atoms with van der Waals surface area (Å²) in [4.78, 5) is 3.89. The zero-order chi connectivity index (χ0) is 11.3. The SMILES string of the molecule is CN=C(N)/C(C)=C\Cc1ccccc1O. The molecule has 0 aliphatic rings. The number of allylic oxidation sites excluding steroid dienone is 1. The number of rotatable bonds is 3. The standard InChI is InChI=1S/C12H16N2O/c1-9(12(13)14-2)7-8-10-5-3-4-6-11(10)15/h3-7,15H,8H2,1-2H3,(H2,13,14)/b9-7-. The second-order valence-electron chi connectivity index (χ2n) is 3.33. The third-order valence-electron chi connectivity index (χ3n) is 2.26. The lowest BCUT2D eigenvalue weighted by molar-refractivity contribution is 0.469. The van der Waals surface area contributed by atoms with Crippen LogP contribution in [0.2, 0.25) is 0 Å². The molecule has 1 aromatic carbocycles. The molecule has 80 valence electrons. The molecule has 15 heavy (non-hydrogen) atoms. The summed E-state index contributed by atoms with van der Waals surface area (Å²) in [7, 11) is 1.66. The Morgan fingerprint density at radius 3 is 2.73 bits per heavy atom. The average Bonchev–Trinajstić information content (AvgIpc) is 2.26. The van der Waals surface area contributed by atoms with Gasteiger partial charge < -0.3 is 10.8 Å². The molecule has 1 aromatic rings. The lowest BCUT2D eigenvalue weighted by atomic mass is 10.1. The molecule has 0 saturated carbocycles. The smallest absolute Gasteiger partial charge is 0.120 e. The number of nitrogens with zero attached hydrogens (tertiary/aromatic N) is 1. The summed E-state index contributed by atoms with van der Waals surface area (Å²) in [6.07, 6.45) is 2.62. The van der Waals surface area contributed by atoms with Crippen LogP contribution in [0, 0.1) is 0 Å². The molecule has 0 aliphatic heterocycles. The normalized spacial score (nSPS) is 12.9. The van der Waals surface area contributed by atoms with Gasteiger partial charge in [0.15, 0.2) is 0 Å². The van der Waals surface area contributed by atoms with Crippen LogP contribution in [0.5, 0.6) is 5.75 Å². The van der Waals surface area contributed by atoms with E-state index in [9.17, 15) is 5.11 Å². The predicted molar refractivity (Wildman–Crippen MR) is 63.1 cm³/mol. The van der Waals surface area contributed by atoms with Gasteiger partial charge in [-0.05, 0) is 30.5 Å². The molecule has 0 fully saturated rings. The quantitative estimate of drug-likeness (QED) is 0.583. The Morgan fingerprint density at radius 2 is 2.13 bits per heavy atom. The van der Waals surface area contributed by atoms with Crippen LogP contribution < -0.4 is 5.73 Å². The average molecular weight is 204 g/mol. The first-order valence-electron chi connectivity index (χ1n) is 4.81.